The van der Waals surface area contributed by atoms with E-state index in [2.05, 4.69) is 0 Å². The van der Waals surface area contributed by atoms with Crippen LogP contribution >= 0.6 is 0 Å². The van der Waals surface area contributed by atoms with Gasteiger partial charge in [-0.25, -0.2) is 0 Å². The molecule has 1 N–H and O–H groups in total. The third-order valence-corrected chi connectivity index (χ3v) is 6.83. The molecular formula is C26H31NO4. The molecule has 1 saturated heterocycles. The minimum atomic E-state index is -0.742. The molecular weight excluding hydrogens is 390 g/mol. The van der Waals surface area contributed by atoms with E-state index >= 15 is 0 Å². The van der Waals surface area contributed by atoms with Crippen LogP contribution in [-0.2, 0) is 4.79 Å². The Morgan fingerprint density at radius 1 is 1.10 bits per heavy atom. The van der Waals surface area contributed by atoms with Crippen LogP contribution in [0.25, 0.3) is 6.08 Å². The predicted octanol–water partition coefficient (Wildman–Crippen LogP) is 4.61. The number of benzene rings is 2. The Balaban J connectivity index is 1.72. The van der Waals surface area contributed by atoms with Crippen molar-refractivity contribution < 1.29 is 19.4 Å². The molecule has 5 heteroatoms. The lowest BCUT2D eigenvalue weighted by Gasteiger charge is -2.52. The summed E-state index contributed by atoms with van der Waals surface area (Å²) in [7, 11) is 3.26. The number of carbonyl (C=O) groups is 1. The van der Waals surface area contributed by atoms with Gasteiger partial charge in [-0.1, -0.05) is 43.2 Å². The molecule has 0 bridgehead atoms. The number of piperidine rings is 1. The second-order valence-corrected chi connectivity index (χ2v) is 8.53. The molecule has 1 heterocycles. The fourth-order valence-corrected chi connectivity index (χ4v) is 5.20. The number of fused-ring (bicyclic) bond motifs is 1. The molecule has 5 nitrogen and oxygen atoms in total. The van der Waals surface area contributed by atoms with Gasteiger partial charge in [-0.05, 0) is 43.0 Å². The van der Waals surface area contributed by atoms with Crippen LogP contribution in [0.3, 0.4) is 0 Å². The normalized spacial score (nSPS) is 25.8. The molecule has 2 aromatic rings. The summed E-state index contributed by atoms with van der Waals surface area (Å²) in [6.07, 6.45) is 7.87. The maximum absolute atomic E-state index is 13.3. The number of methoxy groups -OCH3 is 2. The molecule has 0 radical (unpaired) electrons. The lowest BCUT2D eigenvalue weighted by atomic mass is 9.66. The predicted molar refractivity (Wildman–Crippen MR) is 121 cm³/mol. The van der Waals surface area contributed by atoms with Crippen molar-refractivity contribution in [2.24, 2.45) is 5.92 Å². The number of ether oxygens (including phenoxy) is 2. The summed E-state index contributed by atoms with van der Waals surface area (Å²) in [5.41, 5.74) is 1.17. The highest BCUT2D eigenvalue weighted by atomic mass is 16.5. The van der Waals surface area contributed by atoms with E-state index in [1.807, 2.05) is 59.5 Å². The van der Waals surface area contributed by atoms with Crippen LogP contribution in [0, 0.1) is 5.92 Å². The van der Waals surface area contributed by atoms with Crippen molar-refractivity contribution in [2.45, 2.75) is 43.7 Å². The fourth-order valence-electron chi connectivity index (χ4n) is 5.20. The van der Waals surface area contributed by atoms with Crippen molar-refractivity contribution in [1.82, 2.24) is 4.90 Å². The Labute approximate surface area is 184 Å². The lowest BCUT2D eigenvalue weighted by Crippen LogP contribution is -2.56. The van der Waals surface area contributed by atoms with E-state index in [0.29, 0.717) is 24.5 Å². The molecule has 1 amide bonds. The van der Waals surface area contributed by atoms with Crippen LogP contribution in [-0.4, -0.2) is 42.3 Å². The number of amides is 1. The molecule has 2 aliphatic rings. The molecule has 0 aromatic heterocycles. The fraction of sp³-hybridized carbons (Fsp3) is 0.423. The van der Waals surface area contributed by atoms with Crippen molar-refractivity contribution in [2.75, 3.05) is 20.8 Å². The Bertz CT molecular complexity index is 942. The third-order valence-electron chi connectivity index (χ3n) is 6.83. The number of nitrogens with zero attached hydrogens (tertiary/aromatic N) is 1. The highest BCUT2D eigenvalue weighted by molar-refractivity contribution is 5.92. The molecule has 1 saturated carbocycles. The number of likely N-dealkylation sites (tertiary alicyclic amines) is 1. The minimum Gasteiger partial charge on any atom is -0.497 e. The zero-order valence-corrected chi connectivity index (χ0v) is 18.3. The highest BCUT2D eigenvalue weighted by Crippen LogP contribution is 2.51. The summed E-state index contributed by atoms with van der Waals surface area (Å²) in [6, 6.07) is 15.3. The number of aliphatic hydroxyl groups is 1. The van der Waals surface area contributed by atoms with Crippen LogP contribution in [0.4, 0.5) is 0 Å². The van der Waals surface area contributed by atoms with Crippen molar-refractivity contribution in [1.29, 1.82) is 0 Å². The maximum Gasteiger partial charge on any atom is 0.247 e. The SMILES string of the molecule is COc1ccc([C@H]2C3CCCCC3(O)CCN2C(=O)/C=C/c2ccccc2)c(OC)c1. The Kier molecular flexibility index (Phi) is 6.33. The molecule has 4 rings (SSSR count). The largest absolute Gasteiger partial charge is 0.497 e. The first-order valence-electron chi connectivity index (χ1n) is 11.0. The first-order chi connectivity index (χ1) is 15.1. The first-order valence-corrected chi connectivity index (χ1v) is 11.0. The van der Waals surface area contributed by atoms with Gasteiger partial charge < -0.3 is 19.5 Å². The molecule has 2 aromatic carbocycles. The summed E-state index contributed by atoms with van der Waals surface area (Å²) in [4.78, 5) is 15.3. The van der Waals surface area contributed by atoms with E-state index in [1.165, 1.54) is 0 Å². The van der Waals surface area contributed by atoms with Gasteiger partial charge in [0.05, 0.1) is 25.9 Å². The van der Waals surface area contributed by atoms with Crippen molar-refractivity contribution in [3.63, 3.8) is 0 Å². The van der Waals surface area contributed by atoms with Gasteiger partial charge in [-0.3, -0.25) is 4.79 Å². The molecule has 164 valence electrons. The van der Waals surface area contributed by atoms with Gasteiger partial charge in [-0.2, -0.15) is 0 Å². The van der Waals surface area contributed by atoms with E-state index in [9.17, 15) is 9.90 Å². The van der Waals surface area contributed by atoms with Gasteiger partial charge in [0.15, 0.2) is 0 Å². The summed E-state index contributed by atoms with van der Waals surface area (Å²) >= 11 is 0. The zero-order valence-electron chi connectivity index (χ0n) is 18.3. The summed E-state index contributed by atoms with van der Waals surface area (Å²) in [6.45, 7) is 0.519. The van der Waals surface area contributed by atoms with Gasteiger partial charge in [0.2, 0.25) is 5.91 Å². The van der Waals surface area contributed by atoms with Gasteiger partial charge >= 0.3 is 0 Å². The van der Waals surface area contributed by atoms with E-state index in [4.69, 9.17) is 9.47 Å². The highest BCUT2D eigenvalue weighted by Gasteiger charge is 2.50. The van der Waals surface area contributed by atoms with Crippen molar-refractivity contribution in [3.8, 4) is 11.5 Å². The molecule has 2 unspecified atom stereocenters. The average molecular weight is 422 g/mol. The van der Waals surface area contributed by atoms with Crippen LogP contribution in [0.1, 0.15) is 49.3 Å². The molecule has 1 aliphatic carbocycles. The Hall–Kier alpha value is -2.79. The second-order valence-electron chi connectivity index (χ2n) is 8.53. The Morgan fingerprint density at radius 2 is 1.90 bits per heavy atom. The van der Waals surface area contributed by atoms with Crippen LogP contribution in [0.2, 0.25) is 0 Å². The summed E-state index contributed by atoms with van der Waals surface area (Å²) < 4.78 is 11.1. The van der Waals surface area contributed by atoms with Gasteiger partial charge in [0.1, 0.15) is 11.5 Å². The second kappa shape index (κ2) is 9.15. The molecule has 2 fully saturated rings. The maximum atomic E-state index is 13.3. The molecule has 31 heavy (non-hydrogen) atoms. The molecule has 0 spiro atoms. The van der Waals surface area contributed by atoms with Gasteiger partial charge in [0, 0.05) is 30.2 Å². The third kappa shape index (κ3) is 4.33. The van der Waals surface area contributed by atoms with Gasteiger partial charge in [-0.15, -0.1) is 0 Å². The smallest absolute Gasteiger partial charge is 0.247 e. The van der Waals surface area contributed by atoms with Crippen molar-refractivity contribution in [3.05, 3.63) is 65.7 Å². The van der Waals surface area contributed by atoms with Crippen molar-refractivity contribution >= 4 is 12.0 Å². The minimum absolute atomic E-state index is 0.0219. The number of hydrogen-bond acceptors (Lipinski definition) is 4. The lowest BCUT2D eigenvalue weighted by molar-refractivity contribution is -0.151. The average Bonchev–Trinajstić information content (AvgIpc) is 2.81. The number of hydrogen-bond donors (Lipinski definition) is 1. The van der Waals surface area contributed by atoms with E-state index in [-0.39, 0.29) is 17.9 Å². The standard InChI is InChI=1S/C26H31NO4/c1-30-20-12-13-21(23(18-20)31-2)25-22-10-6-7-15-26(22,29)16-17-27(25)24(28)14-11-19-8-4-3-5-9-19/h3-5,8-9,11-14,18,22,25,29H,6-7,10,15-17H2,1-2H3/b14-11+/t22?,25-,26?/m0/s1. The van der Waals surface area contributed by atoms with E-state index in [0.717, 1.165) is 36.8 Å². The van der Waals surface area contributed by atoms with Gasteiger partial charge in [0.25, 0.3) is 0 Å². The summed E-state index contributed by atoms with van der Waals surface area (Å²) in [5, 5.41) is 11.5. The van der Waals surface area contributed by atoms with Crippen LogP contribution < -0.4 is 9.47 Å². The first kappa shape index (κ1) is 21.4. The number of rotatable bonds is 5. The zero-order chi connectivity index (χ0) is 21.8. The molecule has 1 aliphatic heterocycles. The molecule has 3 atom stereocenters. The topological polar surface area (TPSA) is 59.0 Å². The van der Waals surface area contributed by atoms with Crippen LogP contribution in [0.15, 0.2) is 54.6 Å². The summed E-state index contributed by atoms with van der Waals surface area (Å²) in [5.74, 6) is 1.33. The monoisotopic (exact) mass is 421 g/mol. The Morgan fingerprint density at radius 3 is 2.65 bits per heavy atom. The quantitative estimate of drug-likeness (QED) is 0.716. The van der Waals surface area contributed by atoms with E-state index in [1.54, 1.807) is 20.3 Å². The van der Waals surface area contributed by atoms with Crippen LogP contribution in [0.5, 0.6) is 11.5 Å². The van der Waals surface area contributed by atoms with E-state index < -0.39 is 5.60 Å². The number of carbonyl (C=O) groups excluding carboxylic acids is 1.